The number of hydrogen-bond acceptors (Lipinski definition) is 3. The van der Waals surface area contributed by atoms with Crippen LogP contribution in [0.15, 0.2) is 12.4 Å². The zero-order valence-electron chi connectivity index (χ0n) is 10.5. The van der Waals surface area contributed by atoms with Crippen molar-refractivity contribution in [1.82, 2.24) is 14.9 Å². The molecule has 0 amide bonds. The average Bonchev–Trinajstić information content (AvgIpc) is 2.68. The molecule has 0 aliphatic carbocycles. The maximum atomic E-state index is 10.4. The molecule has 5 nitrogen and oxygen atoms in total. The summed E-state index contributed by atoms with van der Waals surface area (Å²) in [5, 5.41) is 11.9. The van der Waals surface area contributed by atoms with Crippen LogP contribution in [0.2, 0.25) is 0 Å². The van der Waals surface area contributed by atoms with Crippen LogP contribution in [0.1, 0.15) is 32.0 Å². The highest BCUT2D eigenvalue weighted by molar-refractivity contribution is 5.66. The summed E-state index contributed by atoms with van der Waals surface area (Å²) >= 11 is 0. The highest BCUT2D eigenvalue weighted by atomic mass is 16.4. The van der Waals surface area contributed by atoms with Gasteiger partial charge in [0.05, 0.1) is 6.54 Å². The van der Waals surface area contributed by atoms with E-state index in [0.717, 1.165) is 31.8 Å². The molecular weight excluding hydrogens is 218 g/mol. The molecular formula is C12H21N3O2. The first-order valence-corrected chi connectivity index (χ1v) is 5.98. The second kappa shape index (κ2) is 7.06. The largest absolute Gasteiger partial charge is 0.481 e. The van der Waals surface area contributed by atoms with E-state index in [1.165, 1.54) is 0 Å². The maximum absolute atomic E-state index is 10.4. The molecule has 5 heteroatoms. The molecule has 1 aromatic heterocycles. The fourth-order valence-corrected chi connectivity index (χ4v) is 1.63. The molecule has 1 heterocycles. The van der Waals surface area contributed by atoms with Crippen molar-refractivity contribution in [1.29, 1.82) is 0 Å². The summed E-state index contributed by atoms with van der Waals surface area (Å²) in [6, 6.07) is 0. The summed E-state index contributed by atoms with van der Waals surface area (Å²) in [6.07, 6.45) is 5.72. The summed E-state index contributed by atoms with van der Waals surface area (Å²) in [7, 11) is 1.97. The Kier molecular flexibility index (Phi) is 5.69. The van der Waals surface area contributed by atoms with E-state index in [1.54, 1.807) is 6.20 Å². The lowest BCUT2D eigenvalue weighted by Crippen LogP contribution is -2.19. The first kappa shape index (κ1) is 13.7. The minimum absolute atomic E-state index is 0.264. The highest BCUT2D eigenvalue weighted by Gasteiger charge is 2.05. The van der Waals surface area contributed by atoms with Crippen molar-refractivity contribution in [2.24, 2.45) is 13.0 Å². The molecule has 2 N–H and O–H groups in total. The Hall–Kier alpha value is -1.36. The van der Waals surface area contributed by atoms with E-state index in [0.29, 0.717) is 5.92 Å². The van der Waals surface area contributed by atoms with Crippen molar-refractivity contribution in [2.75, 3.05) is 6.54 Å². The lowest BCUT2D eigenvalue weighted by Gasteiger charge is -2.10. The van der Waals surface area contributed by atoms with Crippen LogP contribution in [0.25, 0.3) is 0 Å². The molecule has 96 valence electrons. The van der Waals surface area contributed by atoms with Crippen molar-refractivity contribution in [3.05, 3.63) is 18.2 Å². The summed E-state index contributed by atoms with van der Waals surface area (Å²) in [6.45, 7) is 3.74. The summed E-state index contributed by atoms with van der Waals surface area (Å²) in [5.41, 5.74) is 0. The number of carboxylic acid groups (broad SMARTS) is 1. The van der Waals surface area contributed by atoms with Crippen LogP contribution in [0.3, 0.4) is 0 Å². The molecule has 0 fully saturated rings. The van der Waals surface area contributed by atoms with Crippen molar-refractivity contribution < 1.29 is 9.90 Å². The van der Waals surface area contributed by atoms with Gasteiger partial charge in [0.1, 0.15) is 5.82 Å². The normalized spacial score (nSPS) is 12.6. The number of nitrogens with zero attached hydrogens (tertiary/aromatic N) is 2. The minimum atomic E-state index is -0.710. The number of imidazole rings is 1. The van der Waals surface area contributed by atoms with Crippen molar-refractivity contribution >= 4 is 5.97 Å². The van der Waals surface area contributed by atoms with Crippen LogP contribution in [0.5, 0.6) is 0 Å². The topological polar surface area (TPSA) is 67.2 Å². The molecule has 0 aromatic carbocycles. The lowest BCUT2D eigenvalue weighted by atomic mass is 10.0. The molecule has 1 rings (SSSR count). The number of rotatable bonds is 8. The highest BCUT2D eigenvalue weighted by Crippen LogP contribution is 2.09. The number of aromatic nitrogens is 2. The third kappa shape index (κ3) is 5.49. The Labute approximate surface area is 102 Å². The number of aryl methyl sites for hydroxylation is 1. The maximum Gasteiger partial charge on any atom is 0.303 e. The number of hydrogen-bond donors (Lipinski definition) is 2. The third-order valence-electron chi connectivity index (χ3n) is 2.87. The van der Waals surface area contributed by atoms with Gasteiger partial charge in [0.15, 0.2) is 0 Å². The van der Waals surface area contributed by atoms with Gasteiger partial charge in [-0.2, -0.15) is 0 Å². The van der Waals surface area contributed by atoms with Gasteiger partial charge in [0, 0.05) is 25.9 Å². The Morgan fingerprint density at radius 2 is 2.35 bits per heavy atom. The van der Waals surface area contributed by atoms with Crippen LogP contribution < -0.4 is 5.32 Å². The van der Waals surface area contributed by atoms with E-state index in [4.69, 9.17) is 5.11 Å². The Bertz CT molecular complexity index is 349. The molecule has 0 radical (unpaired) electrons. The molecule has 1 aromatic rings. The fraction of sp³-hybridized carbons (Fsp3) is 0.667. The molecule has 0 aliphatic heterocycles. The van der Waals surface area contributed by atoms with Gasteiger partial charge < -0.3 is 15.0 Å². The number of carboxylic acids is 1. The minimum Gasteiger partial charge on any atom is -0.481 e. The quantitative estimate of drug-likeness (QED) is 0.673. The van der Waals surface area contributed by atoms with Gasteiger partial charge in [-0.1, -0.05) is 6.92 Å². The van der Waals surface area contributed by atoms with Gasteiger partial charge in [0.2, 0.25) is 0 Å². The van der Waals surface area contributed by atoms with Crippen molar-refractivity contribution in [3.63, 3.8) is 0 Å². The first-order valence-electron chi connectivity index (χ1n) is 5.98. The SMILES string of the molecule is CC(CCNCc1nccn1C)CCC(=O)O. The molecule has 0 spiro atoms. The van der Waals surface area contributed by atoms with Crippen LogP contribution in [0.4, 0.5) is 0 Å². The smallest absolute Gasteiger partial charge is 0.303 e. The molecule has 17 heavy (non-hydrogen) atoms. The van der Waals surface area contributed by atoms with E-state index in [9.17, 15) is 4.79 Å². The second-order valence-corrected chi connectivity index (χ2v) is 4.46. The second-order valence-electron chi connectivity index (χ2n) is 4.46. The van der Waals surface area contributed by atoms with Gasteiger partial charge >= 0.3 is 5.97 Å². The Morgan fingerprint density at radius 1 is 1.59 bits per heavy atom. The number of carbonyl (C=O) groups is 1. The lowest BCUT2D eigenvalue weighted by molar-refractivity contribution is -0.137. The van der Waals surface area contributed by atoms with Crippen LogP contribution >= 0.6 is 0 Å². The van der Waals surface area contributed by atoms with Crippen molar-refractivity contribution in [3.8, 4) is 0 Å². The molecule has 1 atom stereocenters. The average molecular weight is 239 g/mol. The van der Waals surface area contributed by atoms with Gasteiger partial charge in [-0.3, -0.25) is 4.79 Å². The summed E-state index contributed by atoms with van der Waals surface area (Å²) in [4.78, 5) is 14.6. The van der Waals surface area contributed by atoms with Gasteiger partial charge in [0.25, 0.3) is 0 Å². The number of nitrogens with one attached hydrogen (secondary N) is 1. The van der Waals surface area contributed by atoms with Crippen LogP contribution in [-0.2, 0) is 18.4 Å². The standard InChI is InChI=1S/C12H21N3O2/c1-10(3-4-12(16)17)5-6-13-9-11-14-7-8-15(11)2/h7-8,10,13H,3-6,9H2,1-2H3,(H,16,17). The van der Waals surface area contributed by atoms with E-state index >= 15 is 0 Å². The van der Waals surface area contributed by atoms with Crippen LogP contribution in [0, 0.1) is 5.92 Å². The van der Waals surface area contributed by atoms with Gasteiger partial charge in [-0.25, -0.2) is 4.98 Å². The molecule has 0 saturated heterocycles. The third-order valence-corrected chi connectivity index (χ3v) is 2.87. The predicted octanol–water partition coefficient (Wildman–Crippen LogP) is 1.40. The number of aliphatic carboxylic acids is 1. The Morgan fingerprint density at radius 3 is 2.94 bits per heavy atom. The predicted molar refractivity (Wildman–Crippen MR) is 65.6 cm³/mol. The van der Waals surface area contributed by atoms with Crippen molar-refractivity contribution in [2.45, 2.75) is 32.7 Å². The van der Waals surface area contributed by atoms with Crippen LogP contribution in [-0.4, -0.2) is 27.2 Å². The fourth-order valence-electron chi connectivity index (χ4n) is 1.63. The van der Waals surface area contributed by atoms with E-state index in [1.807, 2.05) is 17.8 Å². The molecule has 0 saturated carbocycles. The molecule has 1 unspecified atom stereocenters. The Balaban J connectivity index is 2.08. The zero-order valence-corrected chi connectivity index (χ0v) is 10.5. The van der Waals surface area contributed by atoms with E-state index in [2.05, 4.69) is 17.2 Å². The molecule has 0 aliphatic rings. The zero-order chi connectivity index (χ0) is 12.7. The first-order chi connectivity index (χ1) is 8.09. The van der Waals surface area contributed by atoms with E-state index < -0.39 is 5.97 Å². The van der Waals surface area contributed by atoms with Gasteiger partial charge in [-0.15, -0.1) is 0 Å². The van der Waals surface area contributed by atoms with E-state index in [-0.39, 0.29) is 6.42 Å². The summed E-state index contributed by atoms with van der Waals surface area (Å²) < 4.78 is 1.99. The molecule has 0 bridgehead atoms. The summed E-state index contributed by atoms with van der Waals surface area (Å²) in [5.74, 6) is 0.751. The van der Waals surface area contributed by atoms with Gasteiger partial charge in [-0.05, 0) is 25.3 Å². The monoisotopic (exact) mass is 239 g/mol.